The maximum atomic E-state index is 12.1. The maximum absolute atomic E-state index is 12.1. The van der Waals surface area contributed by atoms with Crippen molar-refractivity contribution in [3.05, 3.63) is 0 Å². The van der Waals surface area contributed by atoms with Crippen molar-refractivity contribution in [3.63, 3.8) is 0 Å². The first-order valence-electron chi connectivity index (χ1n) is 4.65. The molecule has 0 aromatic rings. The highest BCUT2D eigenvalue weighted by Gasteiger charge is 2.20. The predicted octanol–water partition coefficient (Wildman–Crippen LogP) is 1.78. The van der Waals surface area contributed by atoms with Gasteiger partial charge in [0.15, 0.2) is 0 Å². The van der Waals surface area contributed by atoms with Crippen LogP contribution >= 0.6 is 0 Å². The Bertz CT molecular complexity index is 155. The van der Waals surface area contributed by atoms with Crippen molar-refractivity contribution >= 4 is 6.04 Å². The summed E-state index contributed by atoms with van der Waals surface area (Å²) in [5.41, 5.74) is 5.32. The number of halogens is 1. The van der Waals surface area contributed by atoms with E-state index >= 15 is 0 Å². The summed E-state index contributed by atoms with van der Waals surface area (Å²) in [5, 5.41) is 0. The highest BCUT2D eigenvalue weighted by Crippen LogP contribution is 2.26. The minimum absolute atomic E-state index is 0.480. The van der Waals surface area contributed by atoms with Gasteiger partial charge in [0.05, 0.1) is 6.04 Å². The van der Waals surface area contributed by atoms with Crippen LogP contribution < -0.4 is 5.73 Å². The Balaban J connectivity index is 2.24. The number of hydrogen-bond acceptors (Lipinski definition) is 2. The molecule has 70 valence electrons. The number of rotatable bonds is 3. The minimum Gasteiger partial charge on any atom is -0.319 e. The molecule has 0 bridgehead atoms. The van der Waals surface area contributed by atoms with E-state index in [1.165, 1.54) is 19.3 Å². The lowest BCUT2D eigenvalue weighted by Gasteiger charge is -2.22. The van der Waals surface area contributed by atoms with Crippen LogP contribution in [0.1, 0.15) is 38.5 Å². The van der Waals surface area contributed by atoms with E-state index in [0.29, 0.717) is 12.3 Å². The predicted molar refractivity (Wildman–Crippen MR) is 45.3 cm³/mol. The Morgan fingerprint density at radius 2 is 2.00 bits per heavy atom. The second kappa shape index (κ2) is 4.55. The van der Waals surface area contributed by atoms with Gasteiger partial charge in [0.1, 0.15) is 0 Å². The summed E-state index contributed by atoms with van der Waals surface area (Å²) >= 11 is 0. The van der Waals surface area contributed by atoms with Gasteiger partial charge in [-0.1, -0.05) is 32.1 Å². The maximum Gasteiger partial charge on any atom is 0.318 e. The summed E-state index contributed by atoms with van der Waals surface area (Å²) in [5.74, 6) is 0.480. The van der Waals surface area contributed by atoms with Gasteiger partial charge >= 0.3 is 6.04 Å². The molecule has 2 nitrogen and oxygen atoms in total. The molecule has 0 aromatic heterocycles. The van der Waals surface area contributed by atoms with E-state index in [1.807, 2.05) is 0 Å². The van der Waals surface area contributed by atoms with E-state index in [1.54, 1.807) is 0 Å². The number of hydrogen-bond donors (Lipinski definition) is 1. The quantitative estimate of drug-likeness (QED) is 0.661. The molecule has 0 aromatic carbocycles. The number of carbonyl (C=O) groups excluding carboxylic acids is 1. The van der Waals surface area contributed by atoms with Gasteiger partial charge in [-0.05, 0) is 12.3 Å². The minimum atomic E-state index is -1.36. The fourth-order valence-electron chi connectivity index (χ4n) is 1.87. The highest BCUT2D eigenvalue weighted by molar-refractivity contribution is 5.73. The lowest BCUT2D eigenvalue weighted by Crippen LogP contribution is -2.30. The SMILES string of the molecule is N[C@H](CC1CCCCC1)C(=O)F. The Kier molecular flexibility index (Phi) is 3.66. The Hall–Kier alpha value is -0.440. The van der Waals surface area contributed by atoms with E-state index < -0.39 is 12.1 Å². The standard InChI is InChI=1S/C9H16FNO/c10-9(12)8(11)6-7-4-2-1-3-5-7/h7-8H,1-6,11H2/t8-/m1/s1. The molecule has 0 spiro atoms. The smallest absolute Gasteiger partial charge is 0.318 e. The van der Waals surface area contributed by atoms with Gasteiger partial charge < -0.3 is 5.73 Å². The fraction of sp³-hybridized carbons (Fsp3) is 0.889. The van der Waals surface area contributed by atoms with Crippen molar-refractivity contribution in [3.8, 4) is 0 Å². The van der Waals surface area contributed by atoms with Crippen LogP contribution in [0.4, 0.5) is 4.39 Å². The van der Waals surface area contributed by atoms with Crippen LogP contribution in [0.2, 0.25) is 0 Å². The highest BCUT2D eigenvalue weighted by atomic mass is 19.1. The fourth-order valence-corrected chi connectivity index (χ4v) is 1.87. The third-order valence-electron chi connectivity index (χ3n) is 2.60. The third kappa shape index (κ3) is 2.89. The van der Waals surface area contributed by atoms with Gasteiger partial charge in [0, 0.05) is 0 Å². The van der Waals surface area contributed by atoms with Crippen molar-refractivity contribution in [2.45, 2.75) is 44.6 Å². The molecule has 1 rings (SSSR count). The largest absolute Gasteiger partial charge is 0.319 e. The lowest BCUT2D eigenvalue weighted by molar-refractivity contribution is -0.131. The van der Waals surface area contributed by atoms with Gasteiger partial charge in [0.2, 0.25) is 0 Å². The topological polar surface area (TPSA) is 43.1 Å². The van der Waals surface area contributed by atoms with Gasteiger partial charge in [-0.2, -0.15) is 4.39 Å². The molecule has 3 heteroatoms. The van der Waals surface area contributed by atoms with Gasteiger partial charge in [-0.3, -0.25) is 4.79 Å². The van der Waals surface area contributed by atoms with Gasteiger partial charge in [-0.25, -0.2) is 0 Å². The first kappa shape index (κ1) is 9.65. The molecule has 0 radical (unpaired) electrons. The molecule has 1 saturated carbocycles. The third-order valence-corrected chi connectivity index (χ3v) is 2.60. The van der Waals surface area contributed by atoms with Crippen LogP contribution in [-0.2, 0) is 4.79 Å². The number of nitrogens with two attached hydrogens (primary N) is 1. The first-order chi connectivity index (χ1) is 5.70. The van der Waals surface area contributed by atoms with Crippen molar-refractivity contribution in [2.24, 2.45) is 11.7 Å². The summed E-state index contributed by atoms with van der Waals surface area (Å²) in [6, 6.07) is -2.23. The molecule has 1 aliphatic carbocycles. The second-order valence-corrected chi connectivity index (χ2v) is 3.65. The first-order valence-corrected chi connectivity index (χ1v) is 4.65. The van der Waals surface area contributed by atoms with E-state index in [0.717, 1.165) is 12.8 Å². The summed E-state index contributed by atoms with van der Waals surface area (Å²) in [4.78, 5) is 10.2. The van der Waals surface area contributed by atoms with Crippen LogP contribution in [0.15, 0.2) is 0 Å². The molecule has 1 aliphatic rings. The molecule has 0 saturated heterocycles. The Morgan fingerprint density at radius 1 is 1.42 bits per heavy atom. The zero-order valence-corrected chi connectivity index (χ0v) is 7.26. The molecular weight excluding hydrogens is 157 g/mol. The summed E-state index contributed by atoms with van der Waals surface area (Å²) in [6.45, 7) is 0. The van der Waals surface area contributed by atoms with Crippen LogP contribution in [-0.4, -0.2) is 12.1 Å². The van der Waals surface area contributed by atoms with Crippen LogP contribution in [0, 0.1) is 5.92 Å². The normalized spacial score (nSPS) is 22.2. The molecule has 12 heavy (non-hydrogen) atoms. The molecular formula is C9H16FNO. The molecule has 0 aliphatic heterocycles. The van der Waals surface area contributed by atoms with Gasteiger partial charge in [0.25, 0.3) is 0 Å². The summed E-state index contributed by atoms with van der Waals surface area (Å²) < 4.78 is 12.1. The Morgan fingerprint density at radius 3 is 2.50 bits per heavy atom. The van der Waals surface area contributed by atoms with Crippen molar-refractivity contribution in [1.29, 1.82) is 0 Å². The molecule has 1 atom stereocenters. The van der Waals surface area contributed by atoms with E-state index in [4.69, 9.17) is 5.73 Å². The average molecular weight is 173 g/mol. The van der Waals surface area contributed by atoms with Crippen molar-refractivity contribution in [2.75, 3.05) is 0 Å². The van der Waals surface area contributed by atoms with Crippen LogP contribution in [0.25, 0.3) is 0 Å². The van der Waals surface area contributed by atoms with Crippen LogP contribution in [0.3, 0.4) is 0 Å². The zero-order chi connectivity index (χ0) is 8.97. The van der Waals surface area contributed by atoms with E-state index in [9.17, 15) is 9.18 Å². The van der Waals surface area contributed by atoms with Crippen molar-refractivity contribution < 1.29 is 9.18 Å². The molecule has 1 fully saturated rings. The van der Waals surface area contributed by atoms with E-state index in [-0.39, 0.29) is 0 Å². The monoisotopic (exact) mass is 173 g/mol. The summed E-state index contributed by atoms with van der Waals surface area (Å²) in [6.07, 6.45) is 6.45. The number of carbonyl (C=O) groups is 1. The second-order valence-electron chi connectivity index (χ2n) is 3.65. The zero-order valence-electron chi connectivity index (χ0n) is 7.26. The molecule has 0 heterocycles. The van der Waals surface area contributed by atoms with Crippen LogP contribution in [0.5, 0.6) is 0 Å². The van der Waals surface area contributed by atoms with Gasteiger partial charge in [-0.15, -0.1) is 0 Å². The molecule has 0 unspecified atom stereocenters. The average Bonchev–Trinajstić information content (AvgIpc) is 2.06. The Labute approximate surface area is 72.3 Å². The molecule has 2 N–H and O–H groups in total. The van der Waals surface area contributed by atoms with E-state index in [2.05, 4.69) is 0 Å². The lowest BCUT2D eigenvalue weighted by atomic mass is 9.85. The molecule has 0 amide bonds. The van der Waals surface area contributed by atoms with Crippen molar-refractivity contribution in [1.82, 2.24) is 0 Å². The summed E-state index contributed by atoms with van der Waals surface area (Å²) in [7, 11) is 0.